The third-order valence-electron chi connectivity index (χ3n) is 9.91. The Hall–Kier alpha value is -6.54. The minimum Gasteiger partial charge on any atom is -0.496 e. The maximum atomic E-state index is 12.1. The molecular weight excluding hydrogens is 753 g/mol. The van der Waals surface area contributed by atoms with Gasteiger partial charge in [-0.25, -0.2) is 4.79 Å². The van der Waals surface area contributed by atoms with Gasteiger partial charge in [0.2, 0.25) is 0 Å². The summed E-state index contributed by atoms with van der Waals surface area (Å²) in [5.41, 5.74) is 7.92. The number of carbonyl (C=O) groups excluding carboxylic acids is 4. The average molecular weight is 809 g/mol. The second-order valence-corrected chi connectivity index (χ2v) is 15.5. The molecule has 0 bridgehead atoms. The Morgan fingerprint density at radius 1 is 0.533 bits per heavy atom. The van der Waals surface area contributed by atoms with E-state index in [0.29, 0.717) is 28.7 Å². The molecule has 0 amide bonds. The first-order chi connectivity index (χ1) is 28.4. The van der Waals surface area contributed by atoms with Crippen LogP contribution in [0.1, 0.15) is 102 Å². The summed E-state index contributed by atoms with van der Waals surface area (Å²) in [6.45, 7) is 19.4. The van der Waals surface area contributed by atoms with E-state index in [9.17, 15) is 19.2 Å². The molecule has 6 aromatic carbocycles. The molecule has 1 unspecified atom stereocenters. The molecule has 1 atom stereocenters. The number of carbonyl (C=O) groups is 4. The van der Waals surface area contributed by atoms with E-state index in [1.807, 2.05) is 62.4 Å². The number of hydrogen-bond donors (Lipinski definition) is 0. The van der Waals surface area contributed by atoms with Crippen LogP contribution in [0.25, 0.3) is 10.8 Å². The van der Waals surface area contributed by atoms with Gasteiger partial charge in [-0.1, -0.05) is 106 Å². The Bertz CT molecular complexity index is 2400. The van der Waals surface area contributed by atoms with Crippen LogP contribution < -0.4 is 18.9 Å². The third kappa shape index (κ3) is 12.5. The standard InChI is InChI=1S/C25H34O3.C19H14O4.C8H8O/c1-15(2)14-25(8,21-10-16(3)23(27-9)17(4)11-21)22-12-18(5)24(19(6)13-22)28-20(7)26;1-13(20)22-17-9-7-14-8-10-18(12-16(14)11-17)23-19(21)15-5-3-2-4-6-15;1-7(9)8-5-3-2-4-6-8/h10-13,15H,14H2,1-9H3;2-12H,1H3;2-6H,1H3. The molecule has 0 aliphatic rings. The molecule has 6 rings (SSSR count). The molecule has 60 heavy (non-hydrogen) atoms. The molecule has 0 aliphatic carbocycles. The van der Waals surface area contributed by atoms with E-state index in [-0.39, 0.29) is 23.1 Å². The van der Waals surface area contributed by atoms with Crippen molar-refractivity contribution in [2.24, 2.45) is 5.92 Å². The zero-order valence-corrected chi connectivity index (χ0v) is 36.6. The van der Waals surface area contributed by atoms with Gasteiger partial charge in [0.05, 0.1) is 12.7 Å². The zero-order chi connectivity index (χ0) is 44.1. The molecule has 8 heteroatoms. The number of Topliss-reactive ketones (excluding diaryl/α,β-unsaturated/α-hetero) is 1. The van der Waals surface area contributed by atoms with Gasteiger partial charge in [-0.15, -0.1) is 0 Å². The quantitative estimate of drug-likeness (QED) is 0.0765. The summed E-state index contributed by atoms with van der Waals surface area (Å²) >= 11 is 0. The highest BCUT2D eigenvalue weighted by molar-refractivity contribution is 5.94. The van der Waals surface area contributed by atoms with Crippen molar-refractivity contribution in [3.63, 3.8) is 0 Å². The Morgan fingerprint density at radius 2 is 0.967 bits per heavy atom. The number of hydrogen-bond acceptors (Lipinski definition) is 8. The van der Waals surface area contributed by atoms with Gasteiger partial charge in [0.25, 0.3) is 0 Å². The van der Waals surface area contributed by atoms with Crippen molar-refractivity contribution in [3.8, 4) is 23.0 Å². The predicted molar refractivity (Wildman–Crippen MR) is 239 cm³/mol. The number of ether oxygens (including phenoxy) is 4. The van der Waals surface area contributed by atoms with Gasteiger partial charge in [0, 0.05) is 24.8 Å². The highest BCUT2D eigenvalue weighted by Gasteiger charge is 2.32. The molecule has 0 aromatic heterocycles. The summed E-state index contributed by atoms with van der Waals surface area (Å²) in [5, 5.41) is 1.78. The van der Waals surface area contributed by atoms with Crippen molar-refractivity contribution >= 4 is 34.5 Å². The fraction of sp³-hybridized carbons (Fsp3) is 0.269. The SMILES string of the molecule is CC(=O)Oc1ccc2ccc(OC(=O)c3ccccc3)cc2c1.CC(=O)c1ccccc1.COc1c(C)cc(C(C)(CC(C)C)c2cc(C)c(OC(C)=O)c(C)c2)cc1C. The molecule has 0 heterocycles. The molecule has 0 saturated carbocycles. The van der Waals surface area contributed by atoms with Gasteiger partial charge in [0.1, 0.15) is 23.0 Å². The van der Waals surface area contributed by atoms with E-state index >= 15 is 0 Å². The van der Waals surface area contributed by atoms with Gasteiger partial charge >= 0.3 is 17.9 Å². The van der Waals surface area contributed by atoms with Gasteiger partial charge in [-0.2, -0.15) is 0 Å². The highest BCUT2D eigenvalue weighted by Crippen LogP contribution is 2.42. The minimum atomic E-state index is -0.416. The summed E-state index contributed by atoms with van der Waals surface area (Å²) in [6, 6.07) is 37.5. The van der Waals surface area contributed by atoms with Crippen molar-refractivity contribution in [1.29, 1.82) is 0 Å². The van der Waals surface area contributed by atoms with Crippen LogP contribution in [-0.2, 0) is 15.0 Å². The maximum Gasteiger partial charge on any atom is 0.343 e. The first-order valence-electron chi connectivity index (χ1n) is 19.9. The van der Waals surface area contributed by atoms with Crippen LogP contribution in [0.5, 0.6) is 23.0 Å². The zero-order valence-electron chi connectivity index (χ0n) is 36.6. The molecule has 8 nitrogen and oxygen atoms in total. The van der Waals surface area contributed by atoms with E-state index in [1.54, 1.807) is 62.6 Å². The molecule has 0 saturated heterocycles. The van der Waals surface area contributed by atoms with Gasteiger partial charge in [-0.05, 0) is 128 Å². The lowest BCUT2D eigenvalue weighted by Gasteiger charge is -2.34. The van der Waals surface area contributed by atoms with Crippen LogP contribution in [0.3, 0.4) is 0 Å². The van der Waals surface area contributed by atoms with Crippen LogP contribution in [0.2, 0.25) is 0 Å². The number of aryl methyl sites for hydroxylation is 4. The van der Waals surface area contributed by atoms with Crippen LogP contribution in [-0.4, -0.2) is 30.8 Å². The first-order valence-corrected chi connectivity index (χ1v) is 19.9. The van der Waals surface area contributed by atoms with Crippen molar-refractivity contribution in [1.82, 2.24) is 0 Å². The number of esters is 3. The second-order valence-electron chi connectivity index (χ2n) is 15.5. The number of fused-ring (bicyclic) bond motifs is 1. The van der Waals surface area contributed by atoms with Crippen molar-refractivity contribution < 1.29 is 38.1 Å². The van der Waals surface area contributed by atoms with E-state index in [4.69, 9.17) is 18.9 Å². The molecule has 312 valence electrons. The minimum absolute atomic E-state index is 0.121. The Balaban J connectivity index is 0.000000222. The molecule has 0 fully saturated rings. The fourth-order valence-electron chi connectivity index (χ4n) is 7.29. The molecule has 0 spiro atoms. The lowest BCUT2D eigenvalue weighted by atomic mass is 9.70. The largest absolute Gasteiger partial charge is 0.496 e. The van der Waals surface area contributed by atoms with Crippen LogP contribution >= 0.6 is 0 Å². The summed E-state index contributed by atoms with van der Waals surface area (Å²) in [5.74, 6) is 2.08. The van der Waals surface area contributed by atoms with Gasteiger partial charge < -0.3 is 18.9 Å². The molecule has 0 aliphatic heterocycles. The topological polar surface area (TPSA) is 105 Å². The van der Waals surface area contributed by atoms with E-state index in [1.165, 1.54) is 25.0 Å². The summed E-state index contributed by atoms with van der Waals surface area (Å²) in [4.78, 5) is 45.2. The maximum absolute atomic E-state index is 12.1. The molecule has 0 radical (unpaired) electrons. The van der Waals surface area contributed by atoms with Crippen LogP contribution in [0.15, 0.2) is 121 Å². The van der Waals surface area contributed by atoms with Crippen LogP contribution in [0.4, 0.5) is 0 Å². The number of benzene rings is 6. The number of ketones is 1. The normalized spacial score (nSPS) is 11.5. The Morgan fingerprint density at radius 3 is 1.37 bits per heavy atom. The average Bonchev–Trinajstić information content (AvgIpc) is 3.19. The Labute approximate surface area is 354 Å². The van der Waals surface area contributed by atoms with E-state index in [0.717, 1.165) is 50.8 Å². The smallest absolute Gasteiger partial charge is 0.343 e. The van der Waals surface area contributed by atoms with Gasteiger partial charge in [0.15, 0.2) is 5.78 Å². The molecule has 6 aromatic rings. The Kier molecular flexibility index (Phi) is 16.1. The van der Waals surface area contributed by atoms with Crippen molar-refractivity contribution in [2.45, 2.75) is 81.1 Å². The second kappa shape index (κ2) is 20.9. The van der Waals surface area contributed by atoms with E-state index < -0.39 is 5.97 Å². The highest BCUT2D eigenvalue weighted by atomic mass is 16.5. The monoisotopic (exact) mass is 808 g/mol. The predicted octanol–water partition coefficient (Wildman–Crippen LogP) is 12.1. The lowest BCUT2D eigenvalue weighted by Crippen LogP contribution is -2.27. The molecular formula is C52H56O8. The van der Waals surface area contributed by atoms with Crippen molar-refractivity contribution in [3.05, 3.63) is 166 Å². The number of methoxy groups -OCH3 is 1. The van der Waals surface area contributed by atoms with E-state index in [2.05, 4.69) is 58.9 Å². The van der Waals surface area contributed by atoms with Crippen molar-refractivity contribution in [2.75, 3.05) is 7.11 Å². The van der Waals surface area contributed by atoms with Gasteiger partial charge in [-0.3, -0.25) is 14.4 Å². The first kappa shape index (κ1) is 46.2. The number of rotatable bonds is 10. The summed E-state index contributed by atoms with van der Waals surface area (Å²) < 4.78 is 21.5. The van der Waals surface area contributed by atoms with Crippen LogP contribution in [0, 0.1) is 33.6 Å². The summed E-state index contributed by atoms with van der Waals surface area (Å²) in [7, 11) is 1.72. The molecule has 0 N–H and O–H groups in total. The fourth-order valence-corrected chi connectivity index (χ4v) is 7.29. The summed E-state index contributed by atoms with van der Waals surface area (Å²) in [6.07, 6.45) is 1.02. The lowest BCUT2D eigenvalue weighted by molar-refractivity contribution is -0.132. The third-order valence-corrected chi connectivity index (χ3v) is 9.91.